The molecule has 0 heterocycles. The maximum Gasteiger partial charge on any atom is 0.416 e. The zero-order valence-electron chi connectivity index (χ0n) is 21.1. The molecule has 1 aliphatic carbocycles. The first-order valence-corrected chi connectivity index (χ1v) is 12.0. The lowest BCUT2D eigenvalue weighted by molar-refractivity contribution is -0.137. The number of benzene rings is 1. The van der Waals surface area contributed by atoms with E-state index in [0.717, 1.165) is 41.8 Å². The summed E-state index contributed by atoms with van der Waals surface area (Å²) in [6, 6.07) is 4.32. The molecule has 2 rings (SSSR count). The number of alkyl halides is 3. The Kier molecular flexibility index (Phi) is 10.6. The van der Waals surface area contributed by atoms with Crippen molar-refractivity contribution in [2.75, 3.05) is 13.7 Å². The van der Waals surface area contributed by atoms with Crippen LogP contribution in [-0.4, -0.2) is 25.5 Å². The van der Waals surface area contributed by atoms with Crippen molar-refractivity contribution in [1.82, 2.24) is 5.32 Å². The van der Waals surface area contributed by atoms with Crippen molar-refractivity contribution >= 4 is 11.8 Å². The predicted molar refractivity (Wildman–Crippen MR) is 135 cm³/mol. The normalized spacial score (nSPS) is 16.4. The van der Waals surface area contributed by atoms with Gasteiger partial charge in [-0.1, -0.05) is 38.1 Å². The summed E-state index contributed by atoms with van der Waals surface area (Å²) in [5.41, 5.74) is 3.12. The number of carbonyl (C=O) groups excluding carboxylic acids is 1. The number of nitrogens with one attached hydrogen (secondary N) is 1. The van der Waals surface area contributed by atoms with Gasteiger partial charge in [-0.3, -0.25) is 4.79 Å². The van der Waals surface area contributed by atoms with Crippen LogP contribution in [0.2, 0.25) is 0 Å². The summed E-state index contributed by atoms with van der Waals surface area (Å²) in [6.45, 7) is 8.06. The lowest BCUT2D eigenvalue weighted by Gasteiger charge is -2.14. The molecular formula is C28H35F3N2O2. The van der Waals surface area contributed by atoms with Crippen molar-refractivity contribution in [2.45, 2.75) is 59.6 Å². The molecule has 1 fully saturated rings. The van der Waals surface area contributed by atoms with Crippen molar-refractivity contribution in [2.24, 2.45) is 10.9 Å². The van der Waals surface area contributed by atoms with E-state index in [-0.39, 0.29) is 18.0 Å². The number of halogens is 3. The maximum atomic E-state index is 13.0. The number of methoxy groups -OCH3 is 1. The van der Waals surface area contributed by atoms with Gasteiger partial charge in [-0.2, -0.15) is 13.2 Å². The van der Waals surface area contributed by atoms with Gasteiger partial charge in [-0.25, -0.2) is 4.99 Å². The van der Waals surface area contributed by atoms with Crippen LogP contribution in [-0.2, 0) is 10.9 Å². The molecule has 1 aliphatic rings. The number of ether oxygens (including phenoxy) is 1. The van der Waals surface area contributed by atoms with Crippen molar-refractivity contribution in [3.05, 3.63) is 82.1 Å². The molecule has 0 unspecified atom stereocenters. The van der Waals surface area contributed by atoms with E-state index in [9.17, 15) is 18.0 Å². The van der Waals surface area contributed by atoms with Crippen LogP contribution in [0.4, 0.5) is 13.2 Å². The number of rotatable bonds is 10. The highest BCUT2D eigenvalue weighted by molar-refractivity contribution is 5.96. The Morgan fingerprint density at radius 2 is 1.97 bits per heavy atom. The van der Waals surface area contributed by atoms with E-state index in [1.807, 2.05) is 32.9 Å². The first kappa shape index (κ1) is 28.1. The molecule has 1 amide bonds. The highest BCUT2D eigenvalue weighted by Gasteiger charge is 2.31. The molecular weight excluding hydrogens is 453 g/mol. The Morgan fingerprint density at radius 1 is 1.26 bits per heavy atom. The fraction of sp³-hybridized carbons (Fsp3) is 0.429. The number of carbonyl (C=O) groups is 1. The first-order valence-electron chi connectivity index (χ1n) is 12.0. The van der Waals surface area contributed by atoms with E-state index in [4.69, 9.17) is 9.73 Å². The lowest BCUT2D eigenvalue weighted by Crippen LogP contribution is -2.30. The molecule has 0 spiro atoms. The Hall–Kier alpha value is -3.09. The van der Waals surface area contributed by atoms with Gasteiger partial charge in [0.1, 0.15) is 0 Å². The molecule has 7 heteroatoms. The standard InChI is InChI=1S/C28H35F3N2O2/c1-6-10-21(20-14-15-20)16-22(11-7-2)26(19(4)8-3)33-25(35-5)18-32-27(34)23-12-9-13-24(17-23)28(29,30)31/h7,9-13,16-17,20H,6,8,14-15,18H2,1-5H3,(H,32,34)/b11-7-,21-10-,22-16+,26-19?,33-25?. The van der Waals surface area contributed by atoms with Crippen molar-refractivity contribution in [3.8, 4) is 0 Å². The Balaban J connectivity index is 2.32. The smallest absolute Gasteiger partial charge is 0.416 e. The van der Waals surface area contributed by atoms with Gasteiger partial charge < -0.3 is 10.1 Å². The average Bonchev–Trinajstić information content (AvgIpc) is 3.68. The van der Waals surface area contributed by atoms with Crippen LogP contribution >= 0.6 is 0 Å². The van der Waals surface area contributed by atoms with Gasteiger partial charge in [0.05, 0.1) is 24.9 Å². The fourth-order valence-electron chi connectivity index (χ4n) is 3.50. The molecule has 0 aliphatic heterocycles. The van der Waals surface area contributed by atoms with Gasteiger partial charge in [0.15, 0.2) is 0 Å². The average molecular weight is 489 g/mol. The SMILES string of the molecule is C\C=C/C(=C\C(=C\CC)C1CC1)C(N=C(CNC(=O)c1cccc(C(F)(F)F)c1)OC)=C(C)CC. The molecule has 0 saturated heterocycles. The zero-order chi connectivity index (χ0) is 26.0. The summed E-state index contributed by atoms with van der Waals surface area (Å²) in [4.78, 5) is 17.3. The second-order valence-corrected chi connectivity index (χ2v) is 8.44. The van der Waals surface area contributed by atoms with Gasteiger partial charge >= 0.3 is 6.18 Å². The summed E-state index contributed by atoms with van der Waals surface area (Å²) in [5.74, 6) is 0.205. The number of hydrogen-bond acceptors (Lipinski definition) is 3. The third kappa shape index (κ3) is 8.57. The molecule has 1 saturated carbocycles. The van der Waals surface area contributed by atoms with Crippen LogP contribution in [0.25, 0.3) is 0 Å². The molecule has 0 bridgehead atoms. The summed E-state index contributed by atoms with van der Waals surface area (Å²) in [5, 5.41) is 2.62. The fourth-order valence-corrected chi connectivity index (χ4v) is 3.50. The minimum atomic E-state index is -4.52. The first-order chi connectivity index (χ1) is 16.6. The molecule has 35 heavy (non-hydrogen) atoms. The van der Waals surface area contributed by atoms with Crippen LogP contribution in [0.5, 0.6) is 0 Å². The summed E-state index contributed by atoms with van der Waals surface area (Å²) in [7, 11) is 1.46. The van der Waals surface area contributed by atoms with E-state index in [1.165, 1.54) is 37.7 Å². The van der Waals surface area contributed by atoms with Crippen molar-refractivity contribution < 1.29 is 22.7 Å². The number of amides is 1. The van der Waals surface area contributed by atoms with E-state index in [2.05, 4.69) is 24.4 Å². The highest BCUT2D eigenvalue weighted by atomic mass is 19.4. The molecule has 0 radical (unpaired) electrons. The van der Waals surface area contributed by atoms with Crippen LogP contribution < -0.4 is 5.32 Å². The molecule has 1 aromatic rings. The number of aliphatic imine (C=N–C) groups is 1. The summed E-state index contributed by atoms with van der Waals surface area (Å²) in [6.07, 6.45) is 7.97. The van der Waals surface area contributed by atoms with Gasteiger partial charge in [-0.15, -0.1) is 0 Å². The maximum absolute atomic E-state index is 13.0. The third-order valence-electron chi connectivity index (χ3n) is 5.69. The highest BCUT2D eigenvalue weighted by Crippen LogP contribution is 2.38. The number of hydrogen-bond donors (Lipinski definition) is 1. The summed E-state index contributed by atoms with van der Waals surface area (Å²) >= 11 is 0. The molecule has 1 N–H and O–H groups in total. The van der Waals surface area contributed by atoms with E-state index in [0.29, 0.717) is 5.92 Å². The minimum Gasteiger partial charge on any atom is -0.483 e. The second-order valence-electron chi connectivity index (χ2n) is 8.44. The van der Waals surface area contributed by atoms with Crippen molar-refractivity contribution in [3.63, 3.8) is 0 Å². The topological polar surface area (TPSA) is 50.7 Å². The van der Waals surface area contributed by atoms with Crippen molar-refractivity contribution in [1.29, 1.82) is 0 Å². The van der Waals surface area contributed by atoms with Gasteiger partial charge in [0.2, 0.25) is 5.90 Å². The summed E-state index contributed by atoms with van der Waals surface area (Å²) < 4.78 is 44.4. The quantitative estimate of drug-likeness (QED) is 0.212. The van der Waals surface area contributed by atoms with Crippen LogP contribution in [0.15, 0.2) is 76.0 Å². The van der Waals surface area contributed by atoms with Gasteiger partial charge in [0.25, 0.3) is 5.91 Å². The van der Waals surface area contributed by atoms with Gasteiger partial charge in [0, 0.05) is 11.1 Å². The van der Waals surface area contributed by atoms with Crippen LogP contribution in [0.1, 0.15) is 69.3 Å². The predicted octanol–water partition coefficient (Wildman–Crippen LogP) is 7.41. The minimum absolute atomic E-state index is 0.0600. The molecule has 0 atom stereocenters. The van der Waals surface area contributed by atoms with Gasteiger partial charge in [-0.05, 0) is 80.9 Å². The Bertz CT molecular complexity index is 1040. The van der Waals surface area contributed by atoms with E-state index >= 15 is 0 Å². The molecule has 4 nitrogen and oxygen atoms in total. The molecule has 0 aromatic heterocycles. The number of nitrogens with zero attached hydrogens (tertiary/aromatic N) is 1. The monoisotopic (exact) mass is 488 g/mol. The Labute approximate surface area is 206 Å². The van der Waals surface area contributed by atoms with Crippen LogP contribution in [0, 0.1) is 5.92 Å². The lowest BCUT2D eigenvalue weighted by atomic mass is 10.00. The largest absolute Gasteiger partial charge is 0.483 e. The second kappa shape index (κ2) is 13.1. The molecule has 190 valence electrons. The third-order valence-corrected chi connectivity index (χ3v) is 5.69. The number of allylic oxidation sites excluding steroid dienone is 6. The zero-order valence-corrected chi connectivity index (χ0v) is 21.1. The van der Waals surface area contributed by atoms with E-state index in [1.54, 1.807) is 0 Å². The molecule has 1 aromatic carbocycles. The van der Waals surface area contributed by atoms with Crippen LogP contribution in [0.3, 0.4) is 0 Å². The Morgan fingerprint density at radius 3 is 2.51 bits per heavy atom. The van der Waals surface area contributed by atoms with E-state index < -0.39 is 17.6 Å².